The van der Waals surface area contributed by atoms with Crippen molar-refractivity contribution >= 4 is 29.1 Å². The minimum atomic E-state index is -0.301. The number of nitrogens with zero attached hydrogens (tertiary/aromatic N) is 3. The zero-order valence-corrected chi connectivity index (χ0v) is 15.5. The van der Waals surface area contributed by atoms with Gasteiger partial charge >= 0.3 is 0 Å². The second-order valence-corrected chi connectivity index (χ2v) is 6.44. The number of anilines is 2. The third-order valence-electron chi connectivity index (χ3n) is 3.99. The van der Waals surface area contributed by atoms with Gasteiger partial charge in [0.05, 0.1) is 12.1 Å². The molecule has 1 N–H and O–H groups in total. The van der Waals surface area contributed by atoms with Gasteiger partial charge in [0.15, 0.2) is 6.61 Å². The van der Waals surface area contributed by atoms with Gasteiger partial charge in [-0.2, -0.15) is 4.98 Å². The van der Waals surface area contributed by atoms with Gasteiger partial charge < -0.3 is 19.7 Å². The predicted molar refractivity (Wildman–Crippen MR) is 100 cm³/mol. The Morgan fingerprint density at radius 3 is 2.73 bits per heavy atom. The van der Waals surface area contributed by atoms with Gasteiger partial charge in [-0.3, -0.25) is 4.79 Å². The number of halogens is 1. The molecule has 0 aliphatic carbocycles. The van der Waals surface area contributed by atoms with Crippen LogP contribution < -0.4 is 19.7 Å². The van der Waals surface area contributed by atoms with Crippen LogP contribution in [0.25, 0.3) is 0 Å². The largest absolute Gasteiger partial charge is 0.495 e. The minimum Gasteiger partial charge on any atom is -0.495 e. The minimum absolute atomic E-state index is 0.153. The van der Waals surface area contributed by atoms with Crippen LogP contribution in [0.5, 0.6) is 11.6 Å². The summed E-state index contributed by atoms with van der Waals surface area (Å²) in [5, 5.41) is 3.15. The molecule has 7 nitrogen and oxygen atoms in total. The van der Waals surface area contributed by atoms with Crippen LogP contribution in [-0.2, 0) is 4.79 Å². The Hall–Kier alpha value is -2.54. The normalized spacial score (nSPS) is 13.6. The Bertz CT molecular complexity index is 794. The molecule has 1 aliphatic heterocycles. The summed E-state index contributed by atoms with van der Waals surface area (Å²) in [6.07, 6.45) is 2.28. The lowest BCUT2D eigenvalue weighted by Gasteiger charge is -2.16. The fourth-order valence-electron chi connectivity index (χ4n) is 2.74. The Labute approximate surface area is 157 Å². The van der Waals surface area contributed by atoms with Crippen LogP contribution in [0.2, 0.25) is 5.02 Å². The second-order valence-electron chi connectivity index (χ2n) is 6.03. The molecule has 138 valence electrons. The molecule has 0 bridgehead atoms. The van der Waals surface area contributed by atoms with Gasteiger partial charge in [0, 0.05) is 30.5 Å². The SMILES string of the molecule is COc1ccc(NC(=O)COc2cc(C)nc(N3CCCC3)n2)cc1Cl. The number of benzene rings is 1. The average molecular weight is 377 g/mol. The molecule has 1 aliphatic rings. The highest BCUT2D eigenvalue weighted by Gasteiger charge is 2.16. The summed E-state index contributed by atoms with van der Waals surface area (Å²) in [5.74, 6) is 1.29. The molecule has 1 fully saturated rings. The van der Waals surface area contributed by atoms with E-state index in [1.807, 2.05) is 6.92 Å². The van der Waals surface area contributed by atoms with Gasteiger partial charge in [0.2, 0.25) is 11.8 Å². The summed E-state index contributed by atoms with van der Waals surface area (Å²) in [4.78, 5) is 23.1. The van der Waals surface area contributed by atoms with Crippen molar-refractivity contribution in [1.82, 2.24) is 9.97 Å². The zero-order chi connectivity index (χ0) is 18.5. The summed E-state index contributed by atoms with van der Waals surface area (Å²) in [6.45, 7) is 3.62. The molecule has 0 radical (unpaired) electrons. The predicted octanol–water partition coefficient (Wildman–Crippen LogP) is 3.06. The molecule has 1 saturated heterocycles. The smallest absolute Gasteiger partial charge is 0.262 e. The van der Waals surface area contributed by atoms with Crippen LogP contribution in [-0.4, -0.2) is 42.7 Å². The number of amides is 1. The lowest BCUT2D eigenvalue weighted by Crippen LogP contribution is -2.23. The maximum Gasteiger partial charge on any atom is 0.262 e. The number of rotatable bonds is 6. The van der Waals surface area contributed by atoms with E-state index in [9.17, 15) is 4.79 Å². The highest BCUT2D eigenvalue weighted by Crippen LogP contribution is 2.27. The number of aromatic nitrogens is 2. The summed E-state index contributed by atoms with van der Waals surface area (Å²) in [7, 11) is 1.54. The van der Waals surface area contributed by atoms with E-state index in [1.165, 1.54) is 7.11 Å². The van der Waals surface area contributed by atoms with E-state index in [0.29, 0.717) is 28.3 Å². The fraction of sp³-hybridized carbons (Fsp3) is 0.389. The van der Waals surface area contributed by atoms with Gasteiger partial charge in [-0.1, -0.05) is 11.6 Å². The molecule has 2 aromatic rings. The molecule has 26 heavy (non-hydrogen) atoms. The molecular weight excluding hydrogens is 356 g/mol. The number of ether oxygens (including phenoxy) is 2. The molecular formula is C18H21ClN4O3. The molecule has 1 aromatic heterocycles. The maximum absolute atomic E-state index is 12.1. The Kier molecular flexibility index (Phi) is 5.78. The monoisotopic (exact) mass is 376 g/mol. The standard InChI is InChI=1S/C18H21ClN4O3/c1-12-9-17(22-18(20-12)23-7-3-4-8-23)26-11-16(24)21-13-5-6-15(25-2)14(19)10-13/h5-6,9-10H,3-4,7-8,11H2,1-2H3,(H,21,24). The highest BCUT2D eigenvalue weighted by molar-refractivity contribution is 6.32. The van der Waals surface area contributed by atoms with Crippen molar-refractivity contribution in [1.29, 1.82) is 0 Å². The third kappa shape index (κ3) is 4.54. The number of carbonyl (C=O) groups is 1. The summed E-state index contributed by atoms with van der Waals surface area (Å²) in [5.41, 5.74) is 1.38. The molecule has 0 unspecified atom stereocenters. The van der Waals surface area contributed by atoms with E-state index in [0.717, 1.165) is 31.6 Å². The van der Waals surface area contributed by atoms with Crippen LogP contribution in [0.4, 0.5) is 11.6 Å². The number of carbonyl (C=O) groups excluding carboxylic acids is 1. The number of hydrogen-bond acceptors (Lipinski definition) is 6. The van der Waals surface area contributed by atoms with Crippen molar-refractivity contribution < 1.29 is 14.3 Å². The lowest BCUT2D eigenvalue weighted by atomic mass is 10.3. The molecule has 3 rings (SSSR count). The Morgan fingerprint density at radius 1 is 1.27 bits per heavy atom. The van der Waals surface area contributed by atoms with Gasteiger partial charge in [-0.05, 0) is 38.0 Å². The van der Waals surface area contributed by atoms with Gasteiger partial charge in [0.1, 0.15) is 5.75 Å². The topological polar surface area (TPSA) is 76.6 Å². The van der Waals surface area contributed by atoms with Gasteiger partial charge in [0.25, 0.3) is 5.91 Å². The average Bonchev–Trinajstić information content (AvgIpc) is 3.14. The van der Waals surface area contributed by atoms with Crippen LogP contribution in [0.3, 0.4) is 0 Å². The molecule has 1 amide bonds. The fourth-order valence-corrected chi connectivity index (χ4v) is 3.00. The van der Waals surface area contributed by atoms with Crippen molar-refractivity contribution in [3.8, 4) is 11.6 Å². The van der Waals surface area contributed by atoms with Crippen LogP contribution >= 0.6 is 11.6 Å². The van der Waals surface area contributed by atoms with E-state index in [2.05, 4.69) is 20.2 Å². The van der Waals surface area contributed by atoms with E-state index >= 15 is 0 Å². The van der Waals surface area contributed by atoms with Gasteiger partial charge in [-0.15, -0.1) is 0 Å². The molecule has 0 atom stereocenters. The summed E-state index contributed by atoms with van der Waals surface area (Å²) in [6, 6.07) is 6.74. The first-order valence-corrected chi connectivity index (χ1v) is 8.80. The Balaban J connectivity index is 1.59. The van der Waals surface area contributed by atoms with E-state index < -0.39 is 0 Å². The first-order chi connectivity index (χ1) is 12.5. The molecule has 8 heteroatoms. The highest BCUT2D eigenvalue weighted by atomic mass is 35.5. The third-order valence-corrected chi connectivity index (χ3v) is 4.29. The van der Waals surface area contributed by atoms with E-state index in [1.54, 1.807) is 24.3 Å². The summed E-state index contributed by atoms with van der Waals surface area (Å²) < 4.78 is 10.6. The van der Waals surface area contributed by atoms with Crippen molar-refractivity contribution in [2.24, 2.45) is 0 Å². The first kappa shape index (κ1) is 18.3. The van der Waals surface area contributed by atoms with Crippen molar-refractivity contribution in [2.45, 2.75) is 19.8 Å². The Morgan fingerprint density at radius 2 is 2.04 bits per heavy atom. The van der Waals surface area contributed by atoms with Crippen LogP contribution in [0, 0.1) is 6.92 Å². The van der Waals surface area contributed by atoms with Crippen LogP contribution in [0.1, 0.15) is 18.5 Å². The number of nitrogens with one attached hydrogen (secondary N) is 1. The maximum atomic E-state index is 12.1. The number of hydrogen-bond donors (Lipinski definition) is 1. The summed E-state index contributed by atoms with van der Waals surface area (Å²) >= 11 is 6.05. The van der Waals surface area contributed by atoms with E-state index in [4.69, 9.17) is 21.1 Å². The molecule has 0 spiro atoms. The van der Waals surface area contributed by atoms with Crippen molar-refractivity contribution in [2.75, 3.05) is 37.0 Å². The van der Waals surface area contributed by atoms with Gasteiger partial charge in [-0.25, -0.2) is 4.98 Å². The lowest BCUT2D eigenvalue weighted by molar-refractivity contribution is -0.118. The molecule has 2 heterocycles. The first-order valence-electron chi connectivity index (χ1n) is 8.42. The molecule has 1 aromatic carbocycles. The second kappa shape index (κ2) is 8.23. The van der Waals surface area contributed by atoms with Crippen molar-refractivity contribution in [3.63, 3.8) is 0 Å². The van der Waals surface area contributed by atoms with E-state index in [-0.39, 0.29) is 12.5 Å². The van der Waals surface area contributed by atoms with Crippen LogP contribution in [0.15, 0.2) is 24.3 Å². The van der Waals surface area contributed by atoms with Crippen molar-refractivity contribution in [3.05, 3.63) is 35.0 Å². The zero-order valence-electron chi connectivity index (χ0n) is 14.8. The number of methoxy groups -OCH3 is 1. The number of aryl methyl sites for hydroxylation is 1. The molecule has 0 saturated carbocycles. The quantitative estimate of drug-likeness (QED) is 0.835.